The van der Waals surface area contributed by atoms with Gasteiger partial charge in [0.2, 0.25) is 5.13 Å². The van der Waals surface area contributed by atoms with Crippen molar-refractivity contribution < 1.29 is 10.5 Å². The molecule has 1 amide bonds. The van der Waals surface area contributed by atoms with E-state index >= 15 is 0 Å². The van der Waals surface area contributed by atoms with Gasteiger partial charge in [-0.3, -0.25) is 10.1 Å². The van der Waals surface area contributed by atoms with E-state index in [1.807, 2.05) is 30.3 Å². The predicted molar refractivity (Wildman–Crippen MR) is 66.3 cm³/mol. The van der Waals surface area contributed by atoms with Gasteiger partial charge in [-0.1, -0.05) is 41.7 Å². The highest BCUT2D eigenvalue weighted by atomic mass is 32.1. The third-order valence-electron chi connectivity index (χ3n) is 2.12. The van der Waals surface area contributed by atoms with E-state index in [9.17, 15) is 4.79 Å². The third-order valence-corrected chi connectivity index (χ3v) is 3.01. The summed E-state index contributed by atoms with van der Waals surface area (Å²) in [6.07, 6.45) is 0. The Bertz CT molecular complexity index is 509. The van der Waals surface area contributed by atoms with Gasteiger partial charge >= 0.3 is 0 Å². The van der Waals surface area contributed by atoms with Gasteiger partial charge in [0.15, 0.2) is 6.04 Å². The highest BCUT2D eigenvalue weighted by Crippen LogP contribution is 2.25. The molecule has 0 saturated carbocycles. The Labute approximate surface area is 103 Å². The molecule has 0 fully saturated rings. The van der Waals surface area contributed by atoms with Gasteiger partial charge in [-0.15, -0.1) is 10.2 Å². The molecule has 0 aliphatic carbocycles. The van der Waals surface area contributed by atoms with E-state index in [0.717, 1.165) is 10.6 Å². The van der Waals surface area contributed by atoms with Gasteiger partial charge < -0.3 is 5.73 Å². The quantitative estimate of drug-likeness (QED) is 0.843. The average molecular weight is 249 g/mol. The van der Waals surface area contributed by atoms with E-state index in [-0.39, 0.29) is 11.9 Å². The molecule has 1 aromatic heterocycles. The molecule has 4 N–H and O–H groups in total. The van der Waals surface area contributed by atoms with E-state index in [4.69, 9.17) is 0 Å². The van der Waals surface area contributed by atoms with Gasteiger partial charge in [0.05, 0.1) is 0 Å². The van der Waals surface area contributed by atoms with Crippen molar-refractivity contribution in [2.24, 2.45) is 0 Å². The lowest BCUT2D eigenvalue weighted by Crippen LogP contribution is -2.64. The molecule has 6 heteroatoms. The van der Waals surface area contributed by atoms with Crippen LogP contribution in [0.2, 0.25) is 0 Å². The number of rotatable bonds is 3. The first kappa shape index (κ1) is 11.7. The van der Waals surface area contributed by atoms with Gasteiger partial charge in [-0.05, 0) is 6.92 Å². The van der Waals surface area contributed by atoms with Crippen LogP contribution < -0.4 is 11.1 Å². The highest BCUT2D eigenvalue weighted by molar-refractivity contribution is 7.18. The first-order valence-corrected chi connectivity index (χ1v) is 6.01. The fraction of sp³-hybridized carbons (Fsp3) is 0.182. The van der Waals surface area contributed by atoms with Gasteiger partial charge in [0, 0.05) is 5.56 Å². The zero-order valence-corrected chi connectivity index (χ0v) is 10.2. The van der Waals surface area contributed by atoms with Crippen LogP contribution in [0.15, 0.2) is 30.3 Å². The number of nitrogens with one attached hydrogen (secondary N) is 1. The first-order chi connectivity index (χ1) is 8.16. The van der Waals surface area contributed by atoms with Crippen LogP contribution in [-0.2, 0) is 4.79 Å². The van der Waals surface area contributed by atoms with Crippen LogP contribution in [0.5, 0.6) is 0 Å². The zero-order chi connectivity index (χ0) is 12.3. The van der Waals surface area contributed by atoms with Crippen LogP contribution in [0, 0.1) is 0 Å². The lowest BCUT2D eigenvalue weighted by molar-refractivity contribution is -0.396. The second kappa shape index (κ2) is 5.03. The summed E-state index contributed by atoms with van der Waals surface area (Å²) in [5, 5.41) is 11.9. The van der Waals surface area contributed by atoms with Crippen molar-refractivity contribution in [1.29, 1.82) is 0 Å². The molecule has 0 radical (unpaired) electrons. The Hall–Kier alpha value is -1.79. The molecular formula is C11H13N4OS+. The number of hydrogen-bond acceptors (Lipinski definition) is 4. The van der Waals surface area contributed by atoms with Crippen LogP contribution in [0.3, 0.4) is 0 Å². The van der Waals surface area contributed by atoms with E-state index in [0.29, 0.717) is 5.13 Å². The lowest BCUT2D eigenvalue weighted by atomic mass is 10.2. The summed E-state index contributed by atoms with van der Waals surface area (Å²) in [4.78, 5) is 11.4. The van der Waals surface area contributed by atoms with Crippen LogP contribution in [0.1, 0.15) is 6.92 Å². The molecule has 0 bridgehead atoms. The van der Waals surface area contributed by atoms with Crippen molar-refractivity contribution in [2.75, 3.05) is 5.32 Å². The Morgan fingerprint density at radius 1 is 1.35 bits per heavy atom. The van der Waals surface area contributed by atoms with Gasteiger partial charge in [-0.2, -0.15) is 0 Å². The molecule has 0 aliphatic heterocycles. The van der Waals surface area contributed by atoms with Crippen molar-refractivity contribution in [2.45, 2.75) is 13.0 Å². The zero-order valence-electron chi connectivity index (χ0n) is 9.38. The number of nitrogens with zero attached hydrogens (tertiary/aromatic N) is 2. The molecular weight excluding hydrogens is 236 g/mol. The van der Waals surface area contributed by atoms with Crippen molar-refractivity contribution in [1.82, 2.24) is 10.2 Å². The normalized spacial score (nSPS) is 12.1. The minimum absolute atomic E-state index is 0.152. The van der Waals surface area contributed by atoms with E-state index in [2.05, 4.69) is 21.2 Å². The maximum Gasteiger partial charge on any atom is 0.284 e. The summed E-state index contributed by atoms with van der Waals surface area (Å²) in [6.45, 7) is 1.73. The maximum absolute atomic E-state index is 11.4. The summed E-state index contributed by atoms with van der Waals surface area (Å²) in [5.41, 5.74) is 4.64. The second-order valence-electron chi connectivity index (χ2n) is 3.67. The summed E-state index contributed by atoms with van der Waals surface area (Å²) in [5.74, 6) is -0.152. The summed E-state index contributed by atoms with van der Waals surface area (Å²) in [7, 11) is 0. The molecule has 17 heavy (non-hydrogen) atoms. The smallest absolute Gasteiger partial charge is 0.284 e. The molecule has 0 saturated heterocycles. The Balaban J connectivity index is 2.14. The van der Waals surface area contributed by atoms with Crippen molar-refractivity contribution >= 4 is 22.4 Å². The minimum Gasteiger partial charge on any atom is -0.348 e. The monoisotopic (exact) mass is 249 g/mol. The fourth-order valence-electron chi connectivity index (χ4n) is 1.20. The molecule has 2 aromatic rings. The molecule has 5 nitrogen and oxygen atoms in total. The molecule has 1 atom stereocenters. The number of carbonyl (C=O) groups excluding carboxylic acids is 1. The van der Waals surface area contributed by atoms with E-state index in [1.54, 1.807) is 6.92 Å². The first-order valence-electron chi connectivity index (χ1n) is 5.19. The average Bonchev–Trinajstić information content (AvgIpc) is 2.78. The van der Waals surface area contributed by atoms with Crippen LogP contribution in [-0.4, -0.2) is 22.1 Å². The topological polar surface area (TPSA) is 82.5 Å². The number of amides is 1. The fourth-order valence-corrected chi connectivity index (χ4v) is 1.95. The number of anilines is 1. The van der Waals surface area contributed by atoms with Gasteiger partial charge in [-0.25, -0.2) is 0 Å². The second-order valence-corrected chi connectivity index (χ2v) is 4.65. The summed E-state index contributed by atoms with van der Waals surface area (Å²) >= 11 is 1.35. The van der Waals surface area contributed by atoms with Gasteiger partial charge in [0.25, 0.3) is 5.91 Å². The number of quaternary nitrogens is 1. The molecule has 0 spiro atoms. The van der Waals surface area contributed by atoms with Crippen molar-refractivity contribution in [3.8, 4) is 10.6 Å². The summed E-state index contributed by atoms with van der Waals surface area (Å²) < 4.78 is 0. The Morgan fingerprint density at radius 2 is 2.06 bits per heavy atom. The minimum atomic E-state index is -0.306. The van der Waals surface area contributed by atoms with Crippen molar-refractivity contribution in [3.05, 3.63) is 30.3 Å². The molecule has 0 aliphatic rings. The Morgan fingerprint density at radius 3 is 2.71 bits per heavy atom. The molecule has 0 unspecified atom stereocenters. The molecule has 2 rings (SSSR count). The number of aromatic nitrogens is 2. The molecule has 88 valence electrons. The maximum atomic E-state index is 11.4. The standard InChI is InChI=1S/C11H12N4OS/c1-7(12)9(16)13-11-15-14-10(17-11)8-5-3-2-4-6-8/h2-7H,12H2,1H3,(H,13,15,16)/p+1/t7-/m0/s1. The molecule has 1 aromatic carbocycles. The summed E-state index contributed by atoms with van der Waals surface area (Å²) in [6, 6.07) is 9.42. The van der Waals surface area contributed by atoms with Crippen LogP contribution in [0.25, 0.3) is 10.6 Å². The van der Waals surface area contributed by atoms with Crippen LogP contribution >= 0.6 is 11.3 Å². The Kier molecular flexibility index (Phi) is 3.46. The molecule has 1 heterocycles. The third kappa shape index (κ3) is 2.86. The van der Waals surface area contributed by atoms with E-state index < -0.39 is 0 Å². The number of carbonyl (C=O) groups is 1. The van der Waals surface area contributed by atoms with Crippen LogP contribution in [0.4, 0.5) is 5.13 Å². The van der Waals surface area contributed by atoms with Gasteiger partial charge in [0.1, 0.15) is 5.01 Å². The highest BCUT2D eigenvalue weighted by Gasteiger charge is 2.14. The predicted octanol–water partition coefficient (Wildman–Crippen LogP) is 0.774. The lowest BCUT2D eigenvalue weighted by Gasteiger charge is -1.99. The largest absolute Gasteiger partial charge is 0.348 e. The number of benzene rings is 1. The number of hydrogen-bond donors (Lipinski definition) is 2. The van der Waals surface area contributed by atoms with E-state index in [1.165, 1.54) is 11.3 Å². The van der Waals surface area contributed by atoms with Crippen molar-refractivity contribution in [3.63, 3.8) is 0 Å². The SMILES string of the molecule is C[C@H]([NH3+])C(=O)Nc1nnc(-c2ccccc2)s1.